The Morgan fingerprint density at radius 1 is 1.07 bits per heavy atom. The van der Waals surface area contributed by atoms with Gasteiger partial charge in [-0.25, -0.2) is 4.39 Å². The van der Waals surface area contributed by atoms with E-state index in [0.717, 1.165) is 30.6 Å². The first-order chi connectivity index (χ1) is 25.5. The summed E-state index contributed by atoms with van der Waals surface area (Å²) in [6, 6.07) is 13.3. The van der Waals surface area contributed by atoms with Crippen molar-refractivity contribution in [3.63, 3.8) is 0 Å². The molecule has 7 rings (SSSR count). The first-order valence-corrected chi connectivity index (χ1v) is 21.0. The second kappa shape index (κ2) is 14.9. The minimum Gasteiger partial charge on any atom is -0.340 e. The Balaban J connectivity index is 1.13. The van der Waals surface area contributed by atoms with Crippen LogP contribution in [0.3, 0.4) is 0 Å². The maximum atomic E-state index is 14.6. The number of rotatable bonds is 10. The van der Waals surface area contributed by atoms with Crippen LogP contribution in [0.2, 0.25) is 0 Å². The summed E-state index contributed by atoms with van der Waals surface area (Å²) >= 11 is 1.08. The van der Waals surface area contributed by atoms with Crippen LogP contribution in [0.4, 0.5) is 17.6 Å². The highest BCUT2D eigenvalue weighted by molar-refractivity contribution is 7.51. The fourth-order valence-corrected chi connectivity index (χ4v) is 10.4. The van der Waals surface area contributed by atoms with Crippen molar-refractivity contribution in [3.8, 4) is 0 Å². The van der Waals surface area contributed by atoms with Gasteiger partial charge < -0.3 is 29.8 Å². The van der Waals surface area contributed by atoms with E-state index in [2.05, 4.69) is 17.4 Å². The molecule has 1 saturated carbocycles. The first-order valence-electron chi connectivity index (χ1n) is 18.5. The van der Waals surface area contributed by atoms with Crippen LogP contribution in [-0.2, 0) is 14.2 Å². The molecule has 0 radical (unpaired) electrons. The molecule has 1 aliphatic carbocycles. The van der Waals surface area contributed by atoms with Crippen LogP contribution >= 0.6 is 18.9 Å². The van der Waals surface area contributed by atoms with Gasteiger partial charge in [0.05, 0.1) is 4.88 Å². The van der Waals surface area contributed by atoms with Crippen molar-refractivity contribution in [2.75, 3.05) is 20.1 Å². The number of nitrogens with one attached hydrogen (secondary N) is 1. The van der Waals surface area contributed by atoms with Gasteiger partial charge in [0, 0.05) is 41.2 Å². The number of thiophene rings is 1. The lowest BCUT2D eigenvalue weighted by Gasteiger charge is -2.41. The third kappa shape index (κ3) is 8.11. The Labute approximate surface area is 315 Å². The van der Waals surface area contributed by atoms with Crippen molar-refractivity contribution in [2.45, 2.75) is 112 Å². The van der Waals surface area contributed by atoms with Crippen LogP contribution in [0, 0.1) is 0 Å². The second-order valence-electron chi connectivity index (χ2n) is 15.5. The van der Waals surface area contributed by atoms with Crippen LogP contribution in [0.1, 0.15) is 96.8 Å². The number of benzene rings is 2. The zero-order valence-electron chi connectivity index (χ0n) is 29.9. The Morgan fingerprint density at radius 2 is 1.81 bits per heavy atom. The summed E-state index contributed by atoms with van der Waals surface area (Å²) in [6.45, 7) is 0.759. The summed E-state index contributed by atoms with van der Waals surface area (Å²) in [4.78, 5) is 67.3. The molecule has 54 heavy (non-hydrogen) atoms. The SMILES string of the molecule is CN(CCCC(F)(F)F)[C@H]1CCC(NC(=O)c2cc3cc([C@H](F)P(=O)(O)O)ccc3s2)C(=O)N2[C@H](CC[C@H]2C(=O)N2C[C@H](c3ccccc3)CC23CC3)C1. The first kappa shape index (κ1) is 38.9. The molecule has 3 saturated heterocycles. The van der Waals surface area contributed by atoms with Crippen molar-refractivity contribution in [2.24, 2.45) is 0 Å². The molecule has 10 nitrogen and oxygen atoms in total. The average Bonchev–Trinajstić information content (AvgIpc) is 3.42. The molecule has 1 unspecified atom stereocenters. The predicted octanol–water partition coefficient (Wildman–Crippen LogP) is 6.88. The number of hydrogen-bond donors (Lipinski definition) is 3. The lowest BCUT2D eigenvalue weighted by atomic mass is 9.93. The van der Waals surface area contributed by atoms with E-state index in [0.29, 0.717) is 42.3 Å². The molecule has 3 aliphatic heterocycles. The van der Waals surface area contributed by atoms with Gasteiger partial charge in [0.1, 0.15) is 12.1 Å². The number of likely N-dealkylation sites (tertiary alicyclic amines) is 1. The highest BCUT2D eigenvalue weighted by Gasteiger charge is 2.58. The molecule has 4 aliphatic rings. The average molecular weight is 793 g/mol. The van der Waals surface area contributed by atoms with Crippen LogP contribution < -0.4 is 5.32 Å². The lowest BCUT2D eigenvalue weighted by Crippen LogP contribution is -2.59. The van der Waals surface area contributed by atoms with Crippen LogP contribution in [-0.4, -0.2) is 98.2 Å². The Kier molecular flexibility index (Phi) is 10.8. The van der Waals surface area contributed by atoms with E-state index in [9.17, 15) is 46.3 Å². The number of fused-ring (bicyclic) bond motifs is 2. The number of hydrogen-bond acceptors (Lipinski definition) is 6. The summed E-state index contributed by atoms with van der Waals surface area (Å²) in [7, 11) is -3.27. The van der Waals surface area contributed by atoms with E-state index < -0.39 is 44.1 Å². The van der Waals surface area contributed by atoms with Crippen LogP contribution in [0.15, 0.2) is 54.6 Å². The Bertz CT molecular complexity index is 1940. The highest BCUT2D eigenvalue weighted by atomic mass is 32.1. The van der Waals surface area contributed by atoms with Gasteiger partial charge in [0.25, 0.3) is 5.91 Å². The largest absolute Gasteiger partial charge is 0.389 e. The molecule has 3 aromatic rings. The summed E-state index contributed by atoms with van der Waals surface area (Å²) < 4.78 is 65.6. The maximum Gasteiger partial charge on any atom is 0.389 e. The lowest BCUT2D eigenvalue weighted by molar-refractivity contribution is -0.148. The molecule has 4 heterocycles. The zero-order valence-corrected chi connectivity index (χ0v) is 31.6. The van der Waals surface area contributed by atoms with Crippen LogP contribution in [0.25, 0.3) is 10.1 Å². The molecule has 4 fully saturated rings. The number of halogens is 4. The third-order valence-corrected chi connectivity index (χ3v) is 13.9. The fraction of sp³-hybridized carbons (Fsp3) is 0.553. The molecular weight excluding hydrogens is 747 g/mol. The molecule has 292 valence electrons. The minimum atomic E-state index is -5.05. The van der Waals surface area contributed by atoms with Crippen molar-refractivity contribution >= 4 is 46.7 Å². The number of alkyl halides is 4. The van der Waals surface area contributed by atoms with Gasteiger partial charge in [-0.1, -0.05) is 36.4 Å². The van der Waals surface area contributed by atoms with Crippen molar-refractivity contribution in [1.29, 1.82) is 0 Å². The molecule has 1 spiro atoms. The zero-order chi connectivity index (χ0) is 38.6. The molecule has 2 aromatic carbocycles. The summed E-state index contributed by atoms with van der Waals surface area (Å²) in [5.74, 6) is -3.36. The quantitative estimate of drug-likeness (QED) is 0.151. The van der Waals surface area contributed by atoms with Gasteiger partial charge in [0.15, 0.2) is 0 Å². The predicted molar refractivity (Wildman–Crippen MR) is 196 cm³/mol. The van der Waals surface area contributed by atoms with Gasteiger partial charge in [0.2, 0.25) is 17.7 Å². The minimum absolute atomic E-state index is 0.0737. The van der Waals surface area contributed by atoms with E-state index in [1.807, 2.05) is 28.0 Å². The highest BCUT2D eigenvalue weighted by Crippen LogP contribution is 2.55. The molecule has 3 N–H and O–H groups in total. The smallest absolute Gasteiger partial charge is 0.340 e. The van der Waals surface area contributed by atoms with Gasteiger partial charge in [-0.05, 0) is 106 Å². The number of carbonyl (C=O) groups is 3. The molecule has 3 amide bonds. The van der Waals surface area contributed by atoms with Gasteiger partial charge in [-0.15, -0.1) is 11.3 Å². The third-order valence-electron chi connectivity index (χ3n) is 11.9. The van der Waals surface area contributed by atoms with Crippen molar-refractivity contribution < 1.29 is 46.3 Å². The van der Waals surface area contributed by atoms with Gasteiger partial charge >= 0.3 is 13.8 Å². The van der Waals surface area contributed by atoms with E-state index >= 15 is 0 Å². The molecule has 1 aromatic heterocycles. The number of carbonyl (C=O) groups excluding carboxylic acids is 3. The standard InChI is InChI=1S/C38H45F4N4O6PS/c1-44(17-5-14-38(40,41)42)27-9-11-29(43-34(47)32-19-25-18-24(8-13-31(25)54-32)33(39)53(50,51)52)35(48)46-28(20-27)10-12-30(46)36(49)45-22-26(21-37(45)15-16-37)23-6-3-2-4-7-23/h2-4,6-8,13,18-19,26-30,33H,5,9-12,14-17,20-22H2,1H3,(H,43,47)(H2,50,51,52)/t26-,27+,28-,29?,30+,33-/m1/s1. The summed E-state index contributed by atoms with van der Waals surface area (Å²) in [5, 5.41) is 3.29. The monoisotopic (exact) mass is 792 g/mol. The van der Waals surface area contributed by atoms with E-state index in [4.69, 9.17) is 0 Å². The fourth-order valence-electron chi connectivity index (χ4n) is 8.89. The van der Waals surface area contributed by atoms with E-state index in [-0.39, 0.29) is 65.2 Å². The molecule has 0 bridgehead atoms. The number of amides is 3. The Morgan fingerprint density at radius 3 is 2.50 bits per heavy atom. The molecule has 16 heteroatoms. The second-order valence-corrected chi connectivity index (χ2v) is 18.2. The topological polar surface area (TPSA) is 130 Å². The van der Waals surface area contributed by atoms with Gasteiger partial charge in [-0.2, -0.15) is 13.2 Å². The van der Waals surface area contributed by atoms with E-state index in [1.165, 1.54) is 29.8 Å². The van der Waals surface area contributed by atoms with Crippen molar-refractivity contribution in [3.05, 3.63) is 70.6 Å². The van der Waals surface area contributed by atoms with E-state index in [1.54, 1.807) is 11.9 Å². The molecule has 6 atom stereocenters. The van der Waals surface area contributed by atoms with Crippen molar-refractivity contribution in [1.82, 2.24) is 20.0 Å². The number of nitrogens with zero attached hydrogens (tertiary/aromatic N) is 3. The molecular formula is C38H45F4N4O6PS. The van der Waals surface area contributed by atoms with Crippen LogP contribution in [0.5, 0.6) is 0 Å². The Hall–Kier alpha value is -3.36. The maximum absolute atomic E-state index is 14.6. The normalized spacial score (nSPS) is 26.2. The summed E-state index contributed by atoms with van der Waals surface area (Å²) in [5.41, 5.74) is 0.719. The van der Waals surface area contributed by atoms with Gasteiger partial charge in [-0.3, -0.25) is 18.9 Å². The summed E-state index contributed by atoms with van der Waals surface area (Å²) in [6.07, 6.45) is -0.443.